The summed E-state index contributed by atoms with van der Waals surface area (Å²) in [5.74, 6) is -0.997. The quantitative estimate of drug-likeness (QED) is 0.629. The number of methoxy groups -OCH3 is 1. The van der Waals surface area contributed by atoms with E-state index in [1.54, 1.807) is 24.3 Å². The molecule has 3 aromatic rings. The van der Waals surface area contributed by atoms with Crippen molar-refractivity contribution in [2.45, 2.75) is 11.4 Å². The third-order valence-corrected chi connectivity index (χ3v) is 5.81. The van der Waals surface area contributed by atoms with Crippen LogP contribution in [0.2, 0.25) is 0 Å². The van der Waals surface area contributed by atoms with Gasteiger partial charge < -0.3 is 4.74 Å². The fourth-order valence-corrected chi connectivity index (χ4v) is 4.21. The first-order valence-corrected chi connectivity index (χ1v) is 9.52. The minimum Gasteiger partial charge on any atom is -0.496 e. The van der Waals surface area contributed by atoms with Crippen molar-refractivity contribution in [3.05, 3.63) is 90.0 Å². The zero-order valence-electron chi connectivity index (χ0n) is 14.5. The molecule has 4 nitrogen and oxygen atoms in total. The normalized spacial score (nSPS) is 11.2. The van der Waals surface area contributed by atoms with E-state index in [-0.39, 0.29) is 12.2 Å². The van der Waals surface area contributed by atoms with E-state index in [9.17, 15) is 17.2 Å². The van der Waals surface area contributed by atoms with Crippen LogP contribution in [-0.2, 0) is 16.6 Å². The Morgan fingerprint density at radius 3 is 2.33 bits per heavy atom. The second-order valence-electron chi connectivity index (χ2n) is 5.73. The highest BCUT2D eigenvalue weighted by Crippen LogP contribution is 2.30. The number of para-hydroxylation sites is 1. The number of rotatable bonds is 6. The van der Waals surface area contributed by atoms with Crippen molar-refractivity contribution < 1.29 is 21.9 Å². The zero-order chi connectivity index (χ0) is 19.4. The van der Waals surface area contributed by atoms with Crippen LogP contribution in [0, 0.1) is 11.6 Å². The predicted molar refractivity (Wildman–Crippen MR) is 99.2 cm³/mol. The predicted octanol–water partition coefficient (Wildman–Crippen LogP) is 4.37. The number of halogens is 2. The summed E-state index contributed by atoms with van der Waals surface area (Å²) in [4.78, 5) is -0.482. The molecule has 0 amide bonds. The average molecular weight is 389 g/mol. The van der Waals surface area contributed by atoms with Crippen molar-refractivity contribution in [2.24, 2.45) is 0 Å². The van der Waals surface area contributed by atoms with Crippen molar-refractivity contribution in [3.63, 3.8) is 0 Å². The van der Waals surface area contributed by atoms with Gasteiger partial charge in [0.25, 0.3) is 10.0 Å². The van der Waals surface area contributed by atoms with Crippen LogP contribution in [0.3, 0.4) is 0 Å². The van der Waals surface area contributed by atoms with Crippen LogP contribution in [0.4, 0.5) is 14.5 Å². The molecule has 0 aliphatic carbocycles. The van der Waals surface area contributed by atoms with Gasteiger partial charge in [0, 0.05) is 5.56 Å². The number of sulfonamides is 1. The summed E-state index contributed by atoms with van der Waals surface area (Å²) < 4.78 is 60.6. The van der Waals surface area contributed by atoms with E-state index in [1.807, 2.05) is 0 Å². The van der Waals surface area contributed by atoms with Gasteiger partial charge >= 0.3 is 0 Å². The van der Waals surface area contributed by atoms with E-state index in [2.05, 4.69) is 0 Å². The Labute approximate surface area is 156 Å². The van der Waals surface area contributed by atoms with E-state index in [0.29, 0.717) is 11.3 Å². The number of hydrogen-bond acceptors (Lipinski definition) is 3. The summed E-state index contributed by atoms with van der Waals surface area (Å²) in [6.07, 6.45) is 0. The third-order valence-electron chi connectivity index (χ3n) is 4.01. The minimum atomic E-state index is -4.29. The number of nitrogens with zero attached hydrogens (tertiary/aromatic N) is 1. The standard InChI is InChI=1S/C20H17F2NO3S/c1-26-19-11-4-2-7-15(19)14-23(17-9-6-8-16(21)13-17)27(24,25)20-12-5-3-10-18(20)22/h2-13H,14H2,1H3. The lowest BCUT2D eigenvalue weighted by molar-refractivity contribution is 0.410. The third kappa shape index (κ3) is 3.93. The Morgan fingerprint density at radius 1 is 0.926 bits per heavy atom. The van der Waals surface area contributed by atoms with Gasteiger partial charge in [0.1, 0.15) is 22.3 Å². The van der Waals surface area contributed by atoms with Gasteiger partial charge in [0.2, 0.25) is 0 Å². The van der Waals surface area contributed by atoms with Crippen LogP contribution >= 0.6 is 0 Å². The Bertz CT molecular complexity index is 1050. The molecule has 0 heterocycles. The van der Waals surface area contributed by atoms with E-state index in [1.165, 1.54) is 43.5 Å². The maximum absolute atomic E-state index is 14.2. The molecular weight excluding hydrogens is 372 g/mol. The summed E-state index contributed by atoms with van der Waals surface area (Å²) in [5, 5.41) is 0. The van der Waals surface area contributed by atoms with Crippen LogP contribution in [0.15, 0.2) is 77.7 Å². The van der Waals surface area contributed by atoms with E-state index in [0.717, 1.165) is 16.4 Å². The van der Waals surface area contributed by atoms with Crippen LogP contribution in [-0.4, -0.2) is 15.5 Å². The lowest BCUT2D eigenvalue weighted by Gasteiger charge is -2.25. The zero-order valence-corrected chi connectivity index (χ0v) is 15.3. The highest BCUT2D eigenvalue weighted by atomic mass is 32.2. The number of hydrogen-bond donors (Lipinski definition) is 0. The molecule has 0 aliphatic heterocycles. The van der Waals surface area contributed by atoms with Crippen molar-refractivity contribution in [1.82, 2.24) is 0 Å². The van der Waals surface area contributed by atoms with Gasteiger partial charge in [-0.2, -0.15) is 0 Å². The first-order chi connectivity index (χ1) is 12.9. The molecule has 0 N–H and O–H groups in total. The van der Waals surface area contributed by atoms with Crippen molar-refractivity contribution in [3.8, 4) is 5.75 Å². The highest BCUT2D eigenvalue weighted by Gasteiger charge is 2.29. The van der Waals surface area contributed by atoms with Crippen LogP contribution < -0.4 is 9.04 Å². The molecule has 0 saturated heterocycles. The SMILES string of the molecule is COc1ccccc1CN(c1cccc(F)c1)S(=O)(=O)c1ccccc1F. The number of anilines is 1. The largest absolute Gasteiger partial charge is 0.496 e. The average Bonchev–Trinajstić information content (AvgIpc) is 2.66. The Kier molecular flexibility index (Phi) is 5.41. The molecule has 0 unspecified atom stereocenters. The van der Waals surface area contributed by atoms with Gasteiger partial charge in [0.15, 0.2) is 0 Å². The summed E-state index contributed by atoms with van der Waals surface area (Å²) in [5.41, 5.74) is 0.647. The molecule has 3 aromatic carbocycles. The molecule has 27 heavy (non-hydrogen) atoms. The lowest BCUT2D eigenvalue weighted by atomic mass is 10.2. The van der Waals surface area contributed by atoms with Crippen molar-refractivity contribution in [2.75, 3.05) is 11.4 Å². The lowest BCUT2D eigenvalue weighted by Crippen LogP contribution is -2.31. The summed E-state index contributed by atoms with van der Waals surface area (Å²) >= 11 is 0. The molecule has 0 saturated carbocycles. The van der Waals surface area contributed by atoms with E-state index >= 15 is 0 Å². The van der Waals surface area contributed by atoms with Gasteiger partial charge in [-0.3, -0.25) is 4.31 Å². The second-order valence-corrected chi connectivity index (χ2v) is 7.56. The van der Waals surface area contributed by atoms with Gasteiger partial charge in [-0.1, -0.05) is 36.4 Å². The fraction of sp³-hybridized carbons (Fsp3) is 0.100. The van der Waals surface area contributed by atoms with Gasteiger partial charge in [-0.25, -0.2) is 17.2 Å². The Balaban J connectivity index is 2.15. The fourth-order valence-electron chi connectivity index (χ4n) is 2.71. The monoisotopic (exact) mass is 389 g/mol. The number of ether oxygens (including phenoxy) is 1. The minimum absolute atomic E-state index is 0.0872. The highest BCUT2D eigenvalue weighted by molar-refractivity contribution is 7.92. The molecular formula is C20H17F2NO3S. The van der Waals surface area contributed by atoms with E-state index in [4.69, 9.17) is 4.74 Å². The smallest absolute Gasteiger partial charge is 0.267 e. The van der Waals surface area contributed by atoms with Crippen LogP contribution in [0.5, 0.6) is 5.75 Å². The van der Waals surface area contributed by atoms with Crippen LogP contribution in [0.1, 0.15) is 5.56 Å². The van der Waals surface area contributed by atoms with Crippen molar-refractivity contribution in [1.29, 1.82) is 0 Å². The first kappa shape index (κ1) is 18.8. The van der Waals surface area contributed by atoms with Crippen LogP contribution in [0.25, 0.3) is 0 Å². The molecule has 0 aliphatic rings. The first-order valence-electron chi connectivity index (χ1n) is 8.08. The molecule has 140 valence electrons. The summed E-state index contributed by atoms with van der Waals surface area (Å²) in [7, 11) is -2.82. The molecule has 3 rings (SSSR count). The number of benzene rings is 3. The van der Waals surface area contributed by atoms with Gasteiger partial charge in [-0.15, -0.1) is 0 Å². The molecule has 0 fully saturated rings. The maximum atomic E-state index is 14.2. The maximum Gasteiger partial charge on any atom is 0.267 e. The second kappa shape index (κ2) is 7.75. The molecule has 0 bridgehead atoms. The Morgan fingerprint density at radius 2 is 1.63 bits per heavy atom. The topological polar surface area (TPSA) is 46.6 Å². The van der Waals surface area contributed by atoms with Gasteiger partial charge in [-0.05, 0) is 36.4 Å². The molecule has 0 radical (unpaired) electrons. The summed E-state index contributed by atoms with van der Waals surface area (Å²) in [6.45, 7) is -0.149. The van der Waals surface area contributed by atoms with Crippen molar-refractivity contribution >= 4 is 15.7 Å². The van der Waals surface area contributed by atoms with Gasteiger partial charge in [0.05, 0.1) is 19.3 Å². The summed E-state index contributed by atoms with van der Waals surface area (Å²) in [6, 6.07) is 17.1. The molecule has 0 atom stereocenters. The molecule has 0 aromatic heterocycles. The van der Waals surface area contributed by atoms with E-state index < -0.39 is 26.6 Å². The Hall–Kier alpha value is -2.93. The molecule has 7 heteroatoms. The molecule has 0 spiro atoms.